The Bertz CT molecular complexity index is 410. The zero-order valence-electron chi connectivity index (χ0n) is 8.34. The van der Waals surface area contributed by atoms with Gasteiger partial charge >= 0.3 is 0 Å². The predicted molar refractivity (Wildman–Crippen MR) is 52.5 cm³/mol. The summed E-state index contributed by atoms with van der Waals surface area (Å²) in [6, 6.07) is 0. The van der Waals surface area contributed by atoms with Crippen molar-refractivity contribution in [2.24, 2.45) is 0 Å². The van der Waals surface area contributed by atoms with Gasteiger partial charge in [-0.3, -0.25) is 10.7 Å². The fourth-order valence-electron chi connectivity index (χ4n) is 0.843. The molecule has 1 aromatic rings. The average molecular weight is 206 g/mol. The summed E-state index contributed by atoms with van der Waals surface area (Å²) in [6.45, 7) is 1.73. The van der Waals surface area contributed by atoms with Crippen molar-refractivity contribution in [1.82, 2.24) is 20.7 Å². The first-order chi connectivity index (χ1) is 7.19. The first-order valence-corrected chi connectivity index (χ1v) is 4.10. The second-order valence-electron chi connectivity index (χ2n) is 2.70. The lowest BCUT2D eigenvalue weighted by Gasteiger charge is -2.06. The van der Waals surface area contributed by atoms with Crippen molar-refractivity contribution in [3.05, 3.63) is 17.6 Å². The normalized spacial score (nSPS) is 10.0. The molecule has 0 amide bonds. The number of hydroxylamine groups is 1. The maximum absolute atomic E-state index is 8.62. The van der Waals surface area contributed by atoms with Crippen molar-refractivity contribution < 1.29 is 5.21 Å². The van der Waals surface area contributed by atoms with Gasteiger partial charge in [0.1, 0.15) is 0 Å². The SMILES string of the molecule is Cc1nnc(N(C)C#N)nc1/C=C\NO. The number of nitriles is 1. The second-order valence-corrected chi connectivity index (χ2v) is 2.70. The summed E-state index contributed by atoms with van der Waals surface area (Å²) in [6.07, 6.45) is 4.69. The number of aromatic nitrogens is 3. The van der Waals surface area contributed by atoms with Crippen LogP contribution in [0.5, 0.6) is 0 Å². The molecule has 1 heterocycles. The van der Waals surface area contributed by atoms with Crippen LogP contribution in [-0.4, -0.2) is 27.4 Å². The molecule has 0 fully saturated rings. The van der Waals surface area contributed by atoms with E-state index in [1.807, 2.05) is 11.7 Å². The molecule has 0 bridgehead atoms. The van der Waals surface area contributed by atoms with E-state index < -0.39 is 0 Å². The number of rotatable bonds is 3. The molecule has 0 spiro atoms. The Morgan fingerprint density at radius 1 is 1.53 bits per heavy atom. The van der Waals surface area contributed by atoms with Crippen molar-refractivity contribution in [1.29, 1.82) is 5.26 Å². The molecule has 0 aliphatic carbocycles. The minimum Gasteiger partial charge on any atom is -0.292 e. The molecule has 15 heavy (non-hydrogen) atoms. The molecule has 7 nitrogen and oxygen atoms in total. The summed E-state index contributed by atoms with van der Waals surface area (Å²) in [5.41, 5.74) is 3.00. The van der Waals surface area contributed by atoms with Crippen molar-refractivity contribution in [2.75, 3.05) is 11.9 Å². The number of hydrogen-bond acceptors (Lipinski definition) is 7. The zero-order chi connectivity index (χ0) is 11.3. The molecule has 1 rings (SSSR count). The molecule has 1 aromatic heterocycles. The van der Waals surface area contributed by atoms with Crippen LogP contribution in [0.15, 0.2) is 6.20 Å². The van der Waals surface area contributed by atoms with Crippen LogP contribution < -0.4 is 10.4 Å². The van der Waals surface area contributed by atoms with Gasteiger partial charge < -0.3 is 0 Å². The Labute approximate surface area is 86.6 Å². The molecule has 78 valence electrons. The summed E-state index contributed by atoms with van der Waals surface area (Å²) in [5.74, 6) is 0.209. The second kappa shape index (κ2) is 4.88. The summed E-state index contributed by atoms with van der Waals surface area (Å²) in [7, 11) is 1.53. The molecule has 0 saturated carbocycles. The van der Waals surface area contributed by atoms with Gasteiger partial charge in [0.15, 0.2) is 6.19 Å². The number of anilines is 1. The van der Waals surface area contributed by atoms with Gasteiger partial charge in [-0.15, -0.1) is 10.2 Å². The van der Waals surface area contributed by atoms with E-state index in [2.05, 4.69) is 15.2 Å². The predicted octanol–water partition coefficient (Wildman–Crippen LogP) is 0.0468. The molecule has 0 atom stereocenters. The van der Waals surface area contributed by atoms with Crippen molar-refractivity contribution >= 4 is 12.0 Å². The zero-order valence-corrected chi connectivity index (χ0v) is 8.34. The third-order valence-electron chi connectivity index (χ3n) is 1.65. The molecule has 0 unspecified atom stereocenters. The first kappa shape index (κ1) is 10.9. The van der Waals surface area contributed by atoms with E-state index in [9.17, 15) is 0 Å². The third-order valence-corrected chi connectivity index (χ3v) is 1.65. The Kier molecular flexibility index (Phi) is 3.54. The largest absolute Gasteiger partial charge is 0.292 e. The average Bonchev–Trinajstić information content (AvgIpc) is 2.27. The van der Waals surface area contributed by atoms with Gasteiger partial charge in [-0.25, -0.2) is 9.88 Å². The van der Waals surface area contributed by atoms with Gasteiger partial charge in [-0.2, -0.15) is 5.26 Å². The van der Waals surface area contributed by atoms with Crippen molar-refractivity contribution in [3.63, 3.8) is 0 Å². The highest BCUT2D eigenvalue weighted by Crippen LogP contribution is 2.07. The smallest absolute Gasteiger partial charge is 0.258 e. The van der Waals surface area contributed by atoms with E-state index in [4.69, 9.17) is 10.5 Å². The van der Waals surface area contributed by atoms with E-state index >= 15 is 0 Å². The summed E-state index contributed by atoms with van der Waals surface area (Å²) in [4.78, 5) is 5.26. The van der Waals surface area contributed by atoms with Crippen LogP contribution in [0.2, 0.25) is 0 Å². The summed E-state index contributed by atoms with van der Waals surface area (Å²) in [5, 5.41) is 24.6. The molecular formula is C8H10N6O. The Morgan fingerprint density at radius 2 is 2.27 bits per heavy atom. The monoisotopic (exact) mass is 206 g/mol. The van der Waals surface area contributed by atoms with Gasteiger partial charge in [0.2, 0.25) is 0 Å². The van der Waals surface area contributed by atoms with Gasteiger partial charge in [0.25, 0.3) is 5.95 Å². The highest BCUT2D eigenvalue weighted by Gasteiger charge is 2.06. The number of nitrogens with one attached hydrogen (secondary N) is 1. The van der Waals surface area contributed by atoms with Crippen molar-refractivity contribution in [3.8, 4) is 6.19 Å². The van der Waals surface area contributed by atoms with Crippen LogP contribution in [0.3, 0.4) is 0 Å². The molecular weight excluding hydrogens is 196 g/mol. The fraction of sp³-hybridized carbons (Fsp3) is 0.250. The first-order valence-electron chi connectivity index (χ1n) is 4.10. The number of aryl methyl sites for hydroxylation is 1. The molecule has 7 heteroatoms. The minimum absolute atomic E-state index is 0.209. The minimum atomic E-state index is 0.209. The quantitative estimate of drug-likeness (QED) is 0.409. The molecule has 0 aromatic carbocycles. The highest BCUT2D eigenvalue weighted by molar-refractivity contribution is 5.48. The van der Waals surface area contributed by atoms with Crippen LogP contribution in [0.1, 0.15) is 11.4 Å². The lowest BCUT2D eigenvalue weighted by molar-refractivity contribution is 0.215. The van der Waals surface area contributed by atoms with E-state index in [0.29, 0.717) is 11.4 Å². The van der Waals surface area contributed by atoms with Gasteiger partial charge in [0.05, 0.1) is 11.4 Å². The van der Waals surface area contributed by atoms with Crippen LogP contribution in [0.4, 0.5) is 5.95 Å². The Hall–Kier alpha value is -2.20. The van der Waals surface area contributed by atoms with E-state index in [1.54, 1.807) is 6.92 Å². The van der Waals surface area contributed by atoms with Crippen LogP contribution >= 0.6 is 0 Å². The lowest BCUT2D eigenvalue weighted by atomic mass is 10.3. The van der Waals surface area contributed by atoms with Gasteiger partial charge in [0, 0.05) is 13.2 Å². The summed E-state index contributed by atoms with van der Waals surface area (Å²) >= 11 is 0. The van der Waals surface area contributed by atoms with E-state index in [1.165, 1.54) is 24.2 Å². The van der Waals surface area contributed by atoms with Gasteiger partial charge in [-0.05, 0) is 13.0 Å². The molecule has 0 aliphatic heterocycles. The molecule has 0 radical (unpaired) electrons. The number of hydrogen-bond donors (Lipinski definition) is 2. The van der Waals surface area contributed by atoms with Crippen LogP contribution in [0, 0.1) is 18.4 Å². The van der Waals surface area contributed by atoms with E-state index in [0.717, 1.165) is 0 Å². The standard InChI is InChI=1S/C8H10N6O/c1-6-7(3-4-10-15)11-8(13-12-6)14(2)5-9/h3-4,10,15H,1-2H3/b4-3-. The van der Waals surface area contributed by atoms with E-state index in [-0.39, 0.29) is 5.95 Å². The topological polar surface area (TPSA) is 98.0 Å². The molecule has 2 N–H and O–H groups in total. The number of nitrogens with zero attached hydrogens (tertiary/aromatic N) is 5. The highest BCUT2D eigenvalue weighted by atomic mass is 16.5. The van der Waals surface area contributed by atoms with Crippen LogP contribution in [-0.2, 0) is 0 Å². The maximum Gasteiger partial charge on any atom is 0.258 e. The molecule has 0 saturated heterocycles. The maximum atomic E-state index is 8.62. The third kappa shape index (κ3) is 2.62. The fourth-order valence-corrected chi connectivity index (χ4v) is 0.843. The Morgan fingerprint density at radius 3 is 2.87 bits per heavy atom. The molecule has 0 aliphatic rings. The Balaban J connectivity index is 3.06. The van der Waals surface area contributed by atoms with Crippen molar-refractivity contribution in [2.45, 2.75) is 6.92 Å². The van der Waals surface area contributed by atoms with Crippen LogP contribution in [0.25, 0.3) is 6.08 Å². The summed E-state index contributed by atoms with van der Waals surface area (Å²) < 4.78 is 0. The van der Waals surface area contributed by atoms with Gasteiger partial charge in [-0.1, -0.05) is 0 Å². The lowest BCUT2D eigenvalue weighted by Crippen LogP contribution is -2.14.